The molecule has 5 aromatic rings. The fraction of sp³-hybridized carbons (Fsp3) is 0.0323. The van der Waals surface area contributed by atoms with Crippen LogP contribution in [0.1, 0.15) is 5.56 Å². The Morgan fingerprint density at radius 3 is 2.26 bits per heavy atom. The summed E-state index contributed by atoms with van der Waals surface area (Å²) < 4.78 is 0. The average molecular weight is 464 g/mol. The molecule has 3 aliphatic rings. The van der Waals surface area contributed by atoms with E-state index in [1.165, 1.54) is 65.8 Å². The molecule has 4 heteroatoms. The maximum absolute atomic E-state index is 2.61. The van der Waals surface area contributed by atoms with Gasteiger partial charge in [-0.2, -0.15) is 0 Å². The zero-order chi connectivity index (χ0) is 23.1. The molecule has 0 atom stereocenters. The summed E-state index contributed by atoms with van der Waals surface area (Å²) in [6.07, 6.45) is 0. The van der Waals surface area contributed by atoms with Gasteiger partial charge in [-0.15, -0.1) is 0 Å². The van der Waals surface area contributed by atoms with E-state index in [2.05, 4.69) is 126 Å². The van der Waals surface area contributed by atoms with Crippen molar-refractivity contribution >= 4 is 58.0 Å². The van der Waals surface area contributed by atoms with Gasteiger partial charge in [0.15, 0.2) is 0 Å². The molecular weight excluding hydrogens is 443 g/mol. The fourth-order valence-electron chi connectivity index (χ4n) is 6.12. The molecule has 0 N–H and O–H groups in total. The van der Waals surface area contributed by atoms with Crippen molar-refractivity contribution in [3.05, 3.63) is 115 Å². The van der Waals surface area contributed by atoms with Crippen molar-refractivity contribution in [3.63, 3.8) is 0 Å². The minimum atomic E-state index is 0.118. The lowest BCUT2D eigenvalue weighted by atomic mass is 9.43. The normalized spacial score (nSPS) is 14.1. The Labute approximate surface area is 209 Å². The maximum atomic E-state index is 2.61. The lowest BCUT2D eigenvalue weighted by molar-refractivity contribution is 1.20. The van der Waals surface area contributed by atoms with Crippen molar-refractivity contribution in [1.29, 1.82) is 0 Å². The second-order valence-electron chi connectivity index (χ2n) is 9.47. The first kappa shape index (κ1) is 19.4. The van der Waals surface area contributed by atoms with Gasteiger partial charge in [0.2, 0.25) is 0 Å². The quantitative estimate of drug-likeness (QED) is 0.243. The Morgan fingerprint density at radius 1 is 0.629 bits per heavy atom. The summed E-state index contributed by atoms with van der Waals surface area (Å²) >= 11 is 1.89. The van der Waals surface area contributed by atoms with Gasteiger partial charge < -0.3 is 9.71 Å². The minimum Gasteiger partial charge on any atom is -0.374 e. The summed E-state index contributed by atoms with van der Waals surface area (Å²) in [4.78, 5) is 7.71. The van der Waals surface area contributed by atoms with Crippen LogP contribution < -0.4 is 20.6 Å². The molecule has 0 bridgehead atoms. The number of aryl methyl sites for hydroxylation is 1. The zero-order valence-electron chi connectivity index (χ0n) is 19.3. The van der Waals surface area contributed by atoms with Crippen LogP contribution in [0.4, 0.5) is 28.4 Å². The number of para-hydroxylation sites is 4. The zero-order valence-corrected chi connectivity index (χ0v) is 20.1. The highest BCUT2D eigenvalue weighted by molar-refractivity contribution is 7.99. The smallest absolute Gasteiger partial charge is 0.333 e. The van der Waals surface area contributed by atoms with E-state index in [0.717, 1.165) is 0 Å². The minimum absolute atomic E-state index is 0.118. The summed E-state index contributed by atoms with van der Waals surface area (Å²) in [5, 5.41) is 0. The molecule has 0 spiro atoms. The number of nitrogens with zero attached hydrogens (tertiary/aromatic N) is 2. The number of fused-ring (bicyclic) bond motifs is 6. The second-order valence-corrected chi connectivity index (χ2v) is 10.6. The van der Waals surface area contributed by atoms with Crippen LogP contribution >= 0.6 is 11.8 Å². The van der Waals surface area contributed by atoms with Gasteiger partial charge in [-0.05, 0) is 71.4 Å². The third-order valence-corrected chi connectivity index (χ3v) is 8.55. The third kappa shape index (κ3) is 2.58. The molecule has 2 nitrogen and oxygen atoms in total. The van der Waals surface area contributed by atoms with E-state index in [-0.39, 0.29) is 6.85 Å². The molecule has 164 valence electrons. The molecule has 35 heavy (non-hydrogen) atoms. The van der Waals surface area contributed by atoms with Crippen molar-refractivity contribution in [2.75, 3.05) is 9.71 Å². The van der Waals surface area contributed by atoms with Gasteiger partial charge in [0, 0.05) is 38.1 Å². The number of hydrogen-bond acceptors (Lipinski definition) is 3. The van der Waals surface area contributed by atoms with Crippen molar-refractivity contribution in [2.24, 2.45) is 0 Å². The van der Waals surface area contributed by atoms with Gasteiger partial charge in [0.25, 0.3) is 0 Å². The van der Waals surface area contributed by atoms with Crippen LogP contribution in [0.15, 0.2) is 119 Å². The highest BCUT2D eigenvalue weighted by atomic mass is 32.2. The van der Waals surface area contributed by atoms with Crippen molar-refractivity contribution in [1.82, 2.24) is 0 Å². The van der Waals surface area contributed by atoms with Gasteiger partial charge in [-0.3, -0.25) is 0 Å². The van der Waals surface area contributed by atoms with Crippen LogP contribution in [0, 0.1) is 6.92 Å². The molecule has 3 aliphatic heterocycles. The predicted molar refractivity (Wildman–Crippen MR) is 149 cm³/mol. The van der Waals surface area contributed by atoms with Crippen LogP contribution in [0.2, 0.25) is 0 Å². The summed E-state index contributed by atoms with van der Waals surface area (Å²) in [6, 6.07) is 40.2. The Balaban J connectivity index is 1.53. The lowest BCUT2D eigenvalue weighted by Gasteiger charge is -2.48. The monoisotopic (exact) mass is 464 g/mol. The van der Waals surface area contributed by atoms with Crippen molar-refractivity contribution in [2.45, 2.75) is 16.7 Å². The van der Waals surface area contributed by atoms with Gasteiger partial charge >= 0.3 is 6.85 Å². The highest BCUT2D eigenvalue weighted by Gasteiger charge is 2.47. The average Bonchev–Trinajstić information content (AvgIpc) is 2.90. The molecule has 0 amide bonds. The predicted octanol–water partition coefficient (Wildman–Crippen LogP) is 7.17. The number of benzene rings is 5. The highest BCUT2D eigenvalue weighted by Crippen LogP contribution is 2.55. The third-order valence-electron chi connectivity index (χ3n) is 7.44. The Kier molecular flexibility index (Phi) is 3.92. The first-order valence-electron chi connectivity index (χ1n) is 12.1. The molecule has 0 saturated carbocycles. The molecular formula is C31H21BN2S. The van der Waals surface area contributed by atoms with E-state index in [1.54, 1.807) is 0 Å². The summed E-state index contributed by atoms with van der Waals surface area (Å²) in [7, 11) is 0. The standard InChI is InChI=1S/C31H21BN2S/c1-20-18-23-22-12-9-17-29-31(22)34(26-15-7-8-16-28(26)35-29)32-24-13-5-6-14-25(24)33(27(19-20)30(23)32)21-10-3-2-4-11-21/h2-19H,1H3. The van der Waals surface area contributed by atoms with Crippen LogP contribution in [-0.4, -0.2) is 6.85 Å². The van der Waals surface area contributed by atoms with Crippen LogP contribution in [-0.2, 0) is 0 Å². The van der Waals surface area contributed by atoms with E-state index in [0.29, 0.717) is 0 Å². The largest absolute Gasteiger partial charge is 0.374 e. The first-order chi connectivity index (χ1) is 17.3. The maximum Gasteiger partial charge on any atom is 0.333 e. The molecule has 3 heterocycles. The van der Waals surface area contributed by atoms with Gasteiger partial charge in [0.05, 0.1) is 5.69 Å². The Bertz CT molecular complexity index is 1660. The van der Waals surface area contributed by atoms with E-state index < -0.39 is 0 Å². The molecule has 0 aliphatic carbocycles. The van der Waals surface area contributed by atoms with Crippen molar-refractivity contribution in [3.8, 4) is 11.1 Å². The molecule has 0 radical (unpaired) electrons. The first-order valence-corrected chi connectivity index (χ1v) is 12.9. The van der Waals surface area contributed by atoms with Gasteiger partial charge in [-0.1, -0.05) is 78.5 Å². The molecule has 5 aromatic carbocycles. The SMILES string of the molecule is Cc1cc2c3c(c1)N(c1ccccc1)c1ccccc1B3N1c3ccccc3Sc3cccc-2c31. The Morgan fingerprint density at radius 2 is 1.37 bits per heavy atom. The number of rotatable bonds is 1. The Hall–Kier alpha value is -3.89. The summed E-state index contributed by atoms with van der Waals surface area (Å²) in [6.45, 7) is 2.34. The molecule has 8 rings (SSSR count). The molecule has 0 fully saturated rings. The van der Waals surface area contributed by atoms with Crippen LogP contribution in [0.5, 0.6) is 0 Å². The topological polar surface area (TPSA) is 6.48 Å². The molecule has 0 saturated heterocycles. The lowest BCUT2D eigenvalue weighted by Crippen LogP contribution is -2.62. The van der Waals surface area contributed by atoms with E-state index in [4.69, 9.17) is 0 Å². The second kappa shape index (κ2) is 7.06. The summed E-state index contributed by atoms with van der Waals surface area (Å²) in [5.74, 6) is 0. The summed E-state index contributed by atoms with van der Waals surface area (Å²) in [5.41, 5.74) is 13.1. The molecule has 0 aromatic heterocycles. The molecule has 0 unspecified atom stereocenters. The van der Waals surface area contributed by atoms with Crippen LogP contribution in [0.25, 0.3) is 11.1 Å². The number of hydrogen-bond donors (Lipinski definition) is 0. The van der Waals surface area contributed by atoms with Crippen molar-refractivity contribution < 1.29 is 0 Å². The number of anilines is 5. The van der Waals surface area contributed by atoms with Gasteiger partial charge in [0.1, 0.15) is 0 Å². The van der Waals surface area contributed by atoms with Gasteiger partial charge in [-0.25, -0.2) is 0 Å². The van der Waals surface area contributed by atoms with Crippen LogP contribution in [0.3, 0.4) is 0 Å². The fourth-order valence-corrected chi connectivity index (χ4v) is 7.23. The van der Waals surface area contributed by atoms with E-state index >= 15 is 0 Å². The van der Waals surface area contributed by atoms with E-state index in [1.807, 2.05) is 11.8 Å². The van der Waals surface area contributed by atoms with E-state index in [9.17, 15) is 0 Å².